The van der Waals surface area contributed by atoms with Crippen LogP contribution in [0.1, 0.15) is 18.0 Å². The molecule has 1 heterocycles. The molecule has 0 aromatic heterocycles. The molecule has 0 saturated carbocycles. The number of benzene rings is 2. The number of carbonyl (C=O) groups is 1. The molecule has 1 aliphatic rings. The number of β-amino-alcohol motifs (C(OH)–C–C–N with tert-alkyl or cyclic N) is 1. The molecule has 2 aromatic carbocycles. The van der Waals surface area contributed by atoms with Crippen LogP contribution in [0.15, 0.2) is 54.6 Å². The van der Waals surface area contributed by atoms with Gasteiger partial charge in [-0.25, -0.2) is 0 Å². The van der Waals surface area contributed by atoms with Gasteiger partial charge in [0.15, 0.2) is 0 Å². The van der Waals surface area contributed by atoms with Crippen molar-refractivity contribution in [2.24, 2.45) is 0 Å². The SMILES string of the molecule is COc1ccc(NC(=O)C(c2ccccc2)N2CC[C@@H](O)C2)cc1. The average Bonchev–Trinajstić information content (AvgIpc) is 3.02. The number of anilines is 1. The van der Waals surface area contributed by atoms with Crippen LogP contribution in [0, 0.1) is 0 Å². The zero-order valence-corrected chi connectivity index (χ0v) is 13.7. The van der Waals surface area contributed by atoms with Gasteiger partial charge in [-0.15, -0.1) is 0 Å². The Bertz CT molecular complexity index is 673. The van der Waals surface area contributed by atoms with Crippen molar-refractivity contribution in [1.82, 2.24) is 4.90 Å². The van der Waals surface area contributed by atoms with E-state index in [1.54, 1.807) is 7.11 Å². The largest absolute Gasteiger partial charge is 0.497 e. The van der Waals surface area contributed by atoms with E-state index in [1.807, 2.05) is 59.5 Å². The lowest BCUT2D eigenvalue weighted by molar-refractivity contribution is -0.121. The van der Waals surface area contributed by atoms with Gasteiger partial charge in [0.2, 0.25) is 5.91 Å². The van der Waals surface area contributed by atoms with E-state index in [1.165, 1.54) is 0 Å². The van der Waals surface area contributed by atoms with Gasteiger partial charge >= 0.3 is 0 Å². The van der Waals surface area contributed by atoms with E-state index >= 15 is 0 Å². The normalized spacial score (nSPS) is 19.0. The molecule has 2 atom stereocenters. The minimum atomic E-state index is -0.412. The zero-order valence-electron chi connectivity index (χ0n) is 13.7. The summed E-state index contributed by atoms with van der Waals surface area (Å²) in [7, 11) is 1.61. The van der Waals surface area contributed by atoms with Crippen LogP contribution in [0.25, 0.3) is 0 Å². The van der Waals surface area contributed by atoms with E-state index in [4.69, 9.17) is 4.74 Å². The molecule has 24 heavy (non-hydrogen) atoms. The maximum Gasteiger partial charge on any atom is 0.246 e. The first-order valence-electron chi connectivity index (χ1n) is 8.09. The standard InChI is InChI=1S/C19H22N2O3/c1-24-17-9-7-15(8-10-17)20-19(23)18(14-5-3-2-4-6-14)21-12-11-16(22)13-21/h2-10,16,18,22H,11-13H2,1H3,(H,20,23)/t16-,18?/m1/s1. The van der Waals surface area contributed by atoms with Gasteiger partial charge in [0.1, 0.15) is 11.8 Å². The lowest BCUT2D eigenvalue weighted by Crippen LogP contribution is -2.36. The molecule has 0 aliphatic carbocycles. The highest BCUT2D eigenvalue weighted by Gasteiger charge is 2.32. The van der Waals surface area contributed by atoms with Crippen LogP contribution in [0.2, 0.25) is 0 Å². The molecule has 1 unspecified atom stereocenters. The molecule has 3 rings (SSSR count). The molecule has 5 nitrogen and oxygen atoms in total. The lowest BCUT2D eigenvalue weighted by Gasteiger charge is -2.27. The van der Waals surface area contributed by atoms with Gasteiger partial charge in [0, 0.05) is 18.8 Å². The Labute approximate surface area is 141 Å². The second-order valence-corrected chi connectivity index (χ2v) is 5.97. The molecule has 2 N–H and O–H groups in total. The molecule has 1 saturated heterocycles. The molecule has 1 fully saturated rings. The molecule has 0 radical (unpaired) electrons. The van der Waals surface area contributed by atoms with Crippen molar-refractivity contribution >= 4 is 11.6 Å². The Morgan fingerprint density at radius 3 is 2.50 bits per heavy atom. The van der Waals surface area contributed by atoms with Gasteiger partial charge in [0.05, 0.1) is 13.2 Å². The third-order valence-corrected chi connectivity index (χ3v) is 4.28. The lowest BCUT2D eigenvalue weighted by atomic mass is 10.0. The summed E-state index contributed by atoms with van der Waals surface area (Å²) in [4.78, 5) is 14.9. The molecule has 2 aromatic rings. The Hall–Kier alpha value is -2.37. The second-order valence-electron chi connectivity index (χ2n) is 5.97. The van der Waals surface area contributed by atoms with Crippen LogP contribution in [-0.4, -0.2) is 42.2 Å². The minimum Gasteiger partial charge on any atom is -0.497 e. The molecular weight excluding hydrogens is 304 g/mol. The third kappa shape index (κ3) is 3.75. The number of nitrogens with one attached hydrogen (secondary N) is 1. The molecule has 0 spiro atoms. The second kappa shape index (κ2) is 7.47. The van der Waals surface area contributed by atoms with Crippen molar-refractivity contribution in [2.75, 3.05) is 25.5 Å². The van der Waals surface area contributed by atoms with Gasteiger partial charge in [-0.3, -0.25) is 9.69 Å². The van der Waals surface area contributed by atoms with Crippen LogP contribution < -0.4 is 10.1 Å². The molecule has 0 bridgehead atoms. The van der Waals surface area contributed by atoms with E-state index in [0.717, 1.165) is 17.0 Å². The highest BCUT2D eigenvalue weighted by atomic mass is 16.5. The van der Waals surface area contributed by atoms with Crippen molar-refractivity contribution in [3.05, 3.63) is 60.2 Å². The smallest absolute Gasteiger partial charge is 0.246 e. The molecule has 126 valence electrons. The molecule has 1 amide bonds. The maximum absolute atomic E-state index is 12.9. The topological polar surface area (TPSA) is 61.8 Å². The van der Waals surface area contributed by atoms with Crippen LogP contribution >= 0.6 is 0 Å². The summed E-state index contributed by atoms with van der Waals surface area (Å²) in [5.74, 6) is 0.649. The van der Waals surface area contributed by atoms with Crippen LogP contribution in [0.5, 0.6) is 5.75 Å². The van der Waals surface area contributed by atoms with Crippen molar-refractivity contribution in [2.45, 2.75) is 18.6 Å². The Morgan fingerprint density at radius 1 is 1.21 bits per heavy atom. The van der Waals surface area contributed by atoms with Crippen molar-refractivity contribution in [3.8, 4) is 5.75 Å². The van der Waals surface area contributed by atoms with Crippen LogP contribution in [-0.2, 0) is 4.79 Å². The molecular formula is C19H22N2O3. The van der Waals surface area contributed by atoms with Crippen molar-refractivity contribution < 1.29 is 14.6 Å². The summed E-state index contributed by atoms with van der Waals surface area (Å²) in [6.45, 7) is 1.21. The first-order chi connectivity index (χ1) is 11.7. The van der Waals surface area contributed by atoms with E-state index in [2.05, 4.69) is 5.32 Å². The highest BCUT2D eigenvalue weighted by Crippen LogP contribution is 2.27. The van der Waals surface area contributed by atoms with Crippen molar-refractivity contribution in [3.63, 3.8) is 0 Å². The number of amides is 1. The van der Waals surface area contributed by atoms with Gasteiger partial charge in [-0.2, -0.15) is 0 Å². The number of carbonyl (C=O) groups excluding carboxylic acids is 1. The zero-order chi connectivity index (χ0) is 16.9. The number of ether oxygens (including phenoxy) is 1. The number of hydrogen-bond acceptors (Lipinski definition) is 4. The van der Waals surface area contributed by atoms with Crippen molar-refractivity contribution in [1.29, 1.82) is 0 Å². The van der Waals surface area contributed by atoms with E-state index in [9.17, 15) is 9.90 Å². The number of methoxy groups -OCH3 is 1. The summed E-state index contributed by atoms with van der Waals surface area (Å²) in [6.07, 6.45) is 0.323. The van der Waals surface area contributed by atoms with Gasteiger partial charge in [-0.05, 0) is 36.2 Å². The number of aliphatic hydroxyl groups is 1. The van der Waals surface area contributed by atoms with E-state index in [0.29, 0.717) is 19.5 Å². The molecule has 5 heteroatoms. The van der Waals surface area contributed by atoms with Gasteiger partial charge in [0.25, 0.3) is 0 Å². The number of aliphatic hydroxyl groups excluding tert-OH is 1. The monoisotopic (exact) mass is 326 g/mol. The predicted molar refractivity (Wildman–Crippen MR) is 93.0 cm³/mol. The first kappa shape index (κ1) is 16.5. The van der Waals surface area contributed by atoms with E-state index < -0.39 is 6.04 Å². The minimum absolute atomic E-state index is 0.0968. The quantitative estimate of drug-likeness (QED) is 0.886. The number of rotatable bonds is 5. The van der Waals surface area contributed by atoms with Crippen LogP contribution in [0.3, 0.4) is 0 Å². The Morgan fingerprint density at radius 2 is 1.92 bits per heavy atom. The first-order valence-corrected chi connectivity index (χ1v) is 8.09. The molecule has 1 aliphatic heterocycles. The van der Waals surface area contributed by atoms with E-state index in [-0.39, 0.29) is 12.0 Å². The van der Waals surface area contributed by atoms with Gasteiger partial charge in [-0.1, -0.05) is 30.3 Å². The summed E-state index contributed by atoms with van der Waals surface area (Å²) >= 11 is 0. The summed E-state index contributed by atoms with van der Waals surface area (Å²) in [5.41, 5.74) is 1.65. The fraction of sp³-hybridized carbons (Fsp3) is 0.316. The Balaban J connectivity index is 1.80. The number of nitrogens with zero attached hydrogens (tertiary/aromatic N) is 1. The van der Waals surface area contributed by atoms with Gasteiger partial charge < -0.3 is 15.2 Å². The van der Waals surface area contributed by atoms with Crippen LogP contribution in [0.4, 0.5) is 5.69 Å². The highest BCUT2D eigenvalue weighted by molar-refractivity contribution is 5.95. The average molecular weight is 326 g/mol. The fourth-order valence-electron chi connectivity index (χ4n) is 3.05. The number of likely N-dealkylation sites (tertiary alicyclic amines) is 1. The third-order valence-electron chi connectivity index (χ3n) is 4.28. The fourth-order valence-corrected chi connectivity index (χ4v) is 3.05. The summed E-state index contributed by atoms with van der Waals surface area (Å²) in [6, 6.07) is 16.5. The summed E-state index contributed by atoms with van der Waals surface area (Å²) < 4.78 is 5.14. The Kier molecular flexibility index (Phi) is 5.13. The summed E-state index contributed by atoms with van der Waals surface area (Å²) in [5, 5.41) is 12.8. The maximum atomic E-state index is 12.9. The number of hydrogen-bond donors (Lipinski definition) is 2. The predicted octanol–water partition coefficient (Wildman–Crippen LogP) is 2.44.